The molecule has 0 bridgehead atoms. The molecule has 1 aliphatic heterocycles. The Kier molecular flexibility index (Phi) is 9.13. The van der Waals surface area contributed by atoms with Gasteiger partial charge >= 0.3 is 5.97 Å². The van der Waals surface area contributed by atoms with Gasteiger partial charge in [0.05, 0.1) is 44.1 Å². The first kappa shape index (κ1) is 29.5. The zero-order valence-corrected chi connectivity index (χ0v) is 25.6. The van der Waals surface area contributed by atoms with E-state index >= 15 is 0 Å². The van der Waals surface area contributed by atoms with Crippen molar-refractivity contribution in [2.45, 2.75) is 58.5 Å². The average Bonchev–Trinajstić information content (AvgIpc) is 2.91. The van der Waals surface area contributed by atoms with Gasteiger partial charge in [-0.2, -0.15) is 0 Å². The molecule has 0 saturated carbocycles. The van der Waals surface area contributed by atoms with Crippen molar-refractivity contribution in [1.29, 1.82) is 0 Å². The number of hydrogen-bond donors (Lipinski definition) is 1. The van der Waals surface area contributed by atoms with Gasteiger partial charge in [-0.1, -0.05) is 6.07 Å². The average molecular weight is 615 g/mol. The van der Waals surface area contributed by atoms with E-state index in [1.165, 1.54) is 0 Å². The summed E-state index contributed by atoms with van der Waals surface area (Å²) in [5.41, 5.74) is 4.14. The van der Waals surface area contributed by atoms with Crippen LogP contribution in [0, 0.1) is 0 Å². The summed E-state index contributed by atoms with van der Waals surface area (Å²) in [6, 6.07) is 9.47. The van der Waals surface area contributed by atoms with Crippen molar-refractivity contribution >= 4 is 27.7 Å². The molecule has 0 saturated heterocycles. The van der Waals surface area contributed by atoms with Crippen LogP contribution in [0.15, 0.2) is 57.3 Å². The van der Waals surface area contributed by atoms with Gasteiger partial charge in [0.2, 0.25) is 0 Å². The van der Waals surface area contributed by atoms with E-state index in [2.05, 4.69) is 21.2 Å². The molecular weight excluding hydrogens is 578 g/mol. The maximum absolute atomic E-state index is 14.0. The van der Waals surface area contributed by atoms with E-state index in [0.29, 0.717) is 57.3 Å². The number of Topliss-reactive ketones (excluding diaryl/α,β-unsaturated/α-hetero) is 1. The summed E-state index contributed by atoms with van der Waals surface area (Å²) in [5, 5.41) is 3.39. The number of ketones is 1. The zero-order chi connectivity index (χ0) is 29.1. The minimum Gasteiger partial charge on any atom is -0.493 e. The molecule has 1 N–H and O–H groups in total. The van der Waals surface area contributed by atoms with Gasteiger partial charge in [-0.05, 0) is 91.4 Å². The summed E-state index contributed by atoms with van der Waals surface area (Å²) in [4.78, 5) is 27.5. The molecule has 2 aromatic carbocycles. The lowest BCUT2D eigenvalue weighted by molar-refractivity contribution is -0.143. The van der Waals surface area contributed by atoms with Gasteiger partial charge in [-0.3, -0.25) is 4.79 Å². The minimum absolute atomic E-state index is 0.0363. The van der Waals surface area contributed by atoms with Crippen LogP contribution in [0.1, 0.15) is 63.5 Å². The highest BCUT2D eigenvalue weighted by Gasteiger charge is 2.42. The number of carbonyl (C=O) groups is 2. The van der Waals surface area contributed by atoms with E-state index in [0.717, 1.165) is 16.8 Å². The summed E-state index contributed by atoms with van der Waals surface area (Å²) >= 11 is 3.60. The predicted octanol–water partition coefficient (Wildman–Crippen LogP) is 6.19. The van der Waals surface area contributed by atoms with E-state index in [-0.39, 0.29) is 24.2 Å². The van der Waals surface area contributed by atoms with Crippen molar-refractivity contribution in [3.8, 4) is 23.0 Å². The molecule has 2 aliphatic rings. The molecule has 2 atom stereocenters. The fourth-order valence-corrected chi connectivity index (χ4v) is 6.10. The number of carbonyl (C=O) groups excluding carboxylic acids is 2. The molecule has 40 heavy (non-hydrogen) atoms. The highest BCUT2D eigenvalue weighted by atomic mass is 79.9. The number of esters is 1. The molecule has 2 aromatic rings. The molecule has 0 unspecified atom stereocenters. The van der Waals surface area contributed by atoms with Crippen LogP contribution in [-0.2, 0) is 14.3 Å². The maximum atomic E-state index is 14.0. The van der Waals surface area contributed by atoms with Crippen LogP contribution in [-0.4, -0.2) is 45.8 Å². The maximum Gasteiger partial charge on any atom is 0.337 e. The van der Waals surface area contributed by atoms with Gasteiger partial charge in [0.1, 0.15) is 0 Å². The Morgan fingerprint density at radius 3 is 2.33 bits per heavy atom. The van der Waals surface area contributed by atoms with Gasteiger partial charge in [0, 0.05) is 29.3 Å². The fraction of sp³-hybridized carbons (Fsp3) is 0.419. The number of nitrogens with one attached hydrogen (secondary N) is 1. The number of halogens is 1. The van der Waals surface area contributed by atoms with E-state index < -0.39 is 11.9 Å². The Bertz CT molecular complexity index is 1380. The molecule has 0 aromatic heterocycles. The van der Waals surface area contributed by atoms with E-state index in [1.807, 2.05) is 44.2 Å². The van der Waals surface area contributed by atoms with Gasteiger partial charge in [-0.25, -0.2) is 4.79 Å². The highest BCUT2D eigenvalue weighted by molar-refractivity contribution is 9.10. The zero-order valence-electron chi connectivity index (χ0n) is 24.0. The quantitative estimate of drug-likeness (QED) is 0.335. The second-order valence-corrected chi connectivity index (χ2v) is 10.9. The number of rotatable bonds is 9. The number of allylic oxidation sites excluding steroid dienone is 3. The molecule has 0 amide bonds. The second kappa shape index (κ2) is 12.4. The Morgan fingerprint density at radius 1 is 1.00 bits per heavy atom. The summed E-state index contributed by atoms with van der Waals surface area (Å²) in [7, 11) is 4.76. The van der Waals surface area contributed by atoms with Crippen molar-refractivity contribution in [1.82, 2.24) is 5.32 Å². The van der Waals surface area contributed by atoms with Crippen LogP contribution >= 0.6 is 15.9 Å². The molecule has 8 nitrogen and oxygen atoms in total. The van der Waals surface area contributed by atoms with Gasteiger partial charge in [0.15, 0.2) is 28.8 Å². The lowest BCUT2D eigenvalue weighted by Crippen LogP contribution is -2.36. The van der Waals surface area contributed by atoms with E-state index in [9.17, 15) is 9.59 Å². The smallest absolute Gasteiger partial charge is 0.337 e. The Morgan fingerprint density at radius 2 is 1.70 bits per heavy atom. The molecule has 4 rings (SSSR count). The summed E-state index contributed by atoms with van der Waals surface area (Å²) in [5.74, 6) is 1.11. The normalized spacial score (nSPS) is 18.8. The van der Waals surface area contributed by atoms with Crippen molar-refractivity contribution in [2.75, 3.05) is 27.9 Å². The van der Waals surface area contributed by atoms with Crippen molar-refractivity contribution in [2.24, 2.45) is 0 Å². The second-order valence-electron chi connectivity index (χ2n) is 10.1. The van der Waals surface area contributed by atoms with Crippen LogP contribution in [0.3, 0.4) is 0 Å². The van der Waals surface area contributed by atoms with Crippen molar-refractivity contribution in [3.63, 3.8) is 0 Å². The Hall–Kier alpha value is -3.46. The van der Waals surface area contributed by atoms with Gasteiger partial charge in [0.25, 0.3) is 0 Å². The lowest BCUT2D eigenvalue weighted by atomic mass is 9.71. The molecular formula is C31H36BrNO7. The van der Waals surface area contributed by atoms with Crippen molar-refractivity contribution < 1.29 is 33.3 Å². The fourth-order valence-electron chi connectivity index (χ4n) is 5.48. The first-order valence-electron chi connectivity index (χ1n) is 13.3. The molecule has 0 fully saturated rings. The number of ether oxygens (including phenoxy) is 5. The van der Waals surface area contributed by atoms with Gasteiger partial charge < -0.3 is 29.0 Å². The molecule has 0 spiro atoms. The van der Waals surface area contributed by atoms with E-state index in [4.69, 9.17) is 23.7 Å². The van der Waals surface area contributed by atoms with E-state index in [1.54, 1.807) is 35.2 Å². The third-order valence-corrected chi connectivity index (χ3v) is 7.73. The predicted molar refractivity (Wildman–Crippen MR) is 155 cm³/mol. The molecule has 214 valence electrons. The summed E-state index contributed by atoms with van der Waals surface area (Å²) in [6.45, 7) is 7.77. The lowest BCUT2D eigenvalue weighted by Gasteiger charge is -2.37. The summed E-state index contributed by atoms with van der Waals surface area (Å²) in [6.07, 6.45) is 0.558. The van der Waals surface area contributed by atoms with Gasteiger partial charge in [-0.15, -0.1) is 0 Å². The topological polar surface area (TPSA) is 92.3 Å². The molecule has 1 heterocycles. The van der Waals surface area contributed by atoms with Crippen LogP contribution in [0.2, 0.25) is 0 Å². The number of benzene rings is 2. The standard InChI is InChI=1S/C31H36BrNO7/c1-8-39-26-15-20(11-21(32)30(26)38-7)28-27(31(35)40-16(2)3)17(4)33-22-12-19(13-23(34)29(22)28)18-9-10-24(36-5)25(14-18)37-6/h9-11,14-16,19,28,33H,8,12-13H2,1-7H3/t19-,28+/m1/s1. The molecule has 0 radical (unpaired) electrons. The highest BCUT2D eigenvalue weighted by Crippen LogP contribution is 2.49. The largest absolute Gasteiger partial charge is 0.493 e. The number of hydrogen-bond acceptors (Lipinski definition) is 8. The monoisotopic (exact) mass is 613 g/mol. The van der Waals surface area contributed by atoms with Crippen LogP contribution in [0.25, 0.3) is 0 Å². The third kappa shape index (κ3) is 5.70. The van der Waals surface area contributed by atoms with Crippen molar-refractivity contribution in [3.05, 3.63) is 68.5 Å². The molecule has 1 aliphatic carbocycles. The molecule has 9 heteroatoms. The minimum atomic E-state index is -0.636. The Labute approximate surface area is 243 Å². The van der Waals surface area contributed by atoms with Crippen LogP contribution < -0.4 is 24.3 Å². The van der Waals surface area contributed by atoms with Crippen LogP contribution in [0.5, 0.6) is 23.0 Å². The Balaban J connectivity index is 1.85. The number of dihydropyridines is 1. The first-order chi connectivity index (χ1) is 19.1. The third-order valence-electron chi connectivity index (χ3n) is 7.14. The first-order valence-corrected chi connectivity index (χ1v) is 14.1. The number of methoxy groups -OCH3 is 3. The van der Waals surface area contributed by atoms with Crippen LogP contribution in [0.4, 0.5) is 0 Å². The SMILES string of the molecule is CCOc1cc([C@H]2C(C(=O)OC(C)C)=C(C)NC3=C2C(=O)C[C@H](c2ccc(OC)c(OC)c2)C3)cc(Br)c1OC. The summed E-state index contributed by atoms with van der Waals surface area (Å²) < 4.78 is 28.7.